The van der Waals surface area contributed by atoms with Crippen LogP contribution in [0, 0.1) is 20.8 Å². The molecule has 0 aliphatic rings. The average molecular weight is 257 g/mol. The first-order valence-electron chi connectivity index (χ1n) is 6.45. The molecule has 1 aromatic heterocycles. The van der Waals surface area contributed by atoms with Gasteiger partial charge in [0.05, 0.1) is 17.1 Å². The van der Waals surface area contributed by atoms with E-state index in [4.69, 9.17) is 0 Å². The van der Waals surface area contributed by atoms with Crippen molar-refractivity contribution in [1.82, 2.24) is 9.78 Å². The molecule has 0 saturated heterocycles. The molecular formula is C15H19N3O. The summed E-state index contributed by atoms with van der Waals surface area (Å²) < 4.78 is 1.89. The van der Waals surface area contributed by atoms with Gasteiger partial charge < -0.3 is 5.32 Å². The summed E-state index contributed by atoms with van der Waals surface area (Å²) in [6.45, 7) is 8.68. The lowest BCUT2D eigenvalue weighted by molar-refractivity contribution is 0.102. The Kier molecular flexibility index (Phi) is 3.69. The number of nitrogens with one attached hydrogen (secondary N) is 1. The number of aryl methyl sites for hydroxylation is 3. The van der Waals surface area contributed by atoms with Crippen LogP contribution < -0.4 is 5.32 Å². The Morgan fingerprint density at radius 3 is 2.63 bits per heavy atom. The molecule has 2 rings (SSSR count). The first-order valence-corrected chi connectivity index (χ1v) is 6.45. The highest BCUT2D eigenvalue weighted by atomic mass is 16.1. The molecule has 0 radical (unpaired) electrons. The third-order valence-electron chi connectivity index (χ3n) is 3.20. The minimum absolute atomic E-state index is 0.0921. The quantitative estimate of drug-likeness (QED) is 0.918. The molecular weight excluding hydrogens is 238 g/mol. The van der Waals surface area contributed by atoms with Crippen LogP contribution in [0.15, 0.2) is 24.3 Å². The van der Waals surface area contributed by atoms with Gasteiger partial charge in [0, 0.05) is 12.1 Å². The summed E-state index contributed by atoms with van der Waals surface area (Å²) in [6.07, 6.45) is 0. The van der Waals surface area contributed by atoms with Gasteiger partial charge in [-0.05, 0) is 39.8 Å². The number of carbonyl (C=O) groups excluding carboxylic acids is 1. The van der Waals surface area contributed by atoms with Crippen LogP contribution in [-0.4, -0.2) is 15.7 Å². The van der Waals surface area contributed by atoms with Gasteiger partial charge in [-0.2, -0.15) is 5.10 Å². The predicted octanol–water partition coefficient (Wildman–Crippen LogP) is 3.08. The lowest BCUT2D eigenvalue weighted by atomic mass is 10.1. The van der Waals surface area contributed by atoms with E-state index >= 15 is 0 Å². The molecule has 0 saturated carbocycles. The van der Waals surface area contributed by atoms with Crippen molar-refractivity contribution in [3.63, 3.8) is 0 Å². The number of anilines is 1. The second kappa shape index (κ2) is 5.26. The average Bonchev–Trinajstić information content (AvgIpc) is 2.66. The van der Waals surface area contributed by atoms with Crippen LogP contribution in [0.5, 0.6) is 0 Å². The van der Waals surface area contributed by atoms with E-state index in [1.165, 1.54) is 0 Å². The van der Waals surface area contributed by atoms with E-state index in [0.717, 1.165) is 29.2 Å². The van der Waals surface area contributed by atoms with Gasteiger partial charge in [0.25, 0.3) is 5.91 Å². The molecule has 4 nitrogen and oxygen atoms in total. The minimum atomic E-state index is -0.0921. The van der Waals surface area contributed by atoms with Crippen molar-refractivity contribution in [3.8, 4) is 0 Å². The Morgan fingerprint density at radius 2 is 2.05 bits per heavy atom. The molecule has 2 aromatic rings. The van der Waals surface area contributed by atoms with Crippen molar-refractivity contribution in [3.05, 3.63) is 46.8 Å². The highest BCUT2D eigenvalue weighted by molar-refractivity contribution is 6.04. The molecule has 0 atom stereocenters. The first-order chi connectivity index (χ1) is 9.02. The van der Waals surface area contributed by atoms with Gasteiger partial charge >= 0.3 is 0 Å². The van der Waals surface area contributed by atoms with Crippen LogP contribution >= 0.6 is 0 Å². The van der Waals surface area contributed by atoms with Crippen LogP contribution in [0.2, 0.25) is 0 Å². The summed E-state index contributed by atoms with van der Waals surface area (Å²) in [4.78, 5) is 12.2. The molecule has 1 heterocycles. The number of aromatic nitrogens is 2. The normalized spacial score (nSPS) is 10.5. The standard InChI is InChI=1S/C15H19N3O/c1-5-18-12(4)14(11(3)17-18)16-15(19)13-8-6-7-10(2)9-13/h6-9H,5H2,1-4H3,(H,16,19). The molecule has 4 heteroatoms. The Bertz CT molecular complexity index is 614. The van der Waals surface area contributed by atoms with E-state index in [2.05, 4.69) is 10.4 Å². The van der Waals surface area contributed by atoms with Crippen molar-refractivity contribution in [2.24, 2.45) is 0 Å². The number of nitrogens with zero attached hydrogens (tertiary/aromatic N) is 2. The molecule has 19 heavy (non-hydrogen) atoms. The zero-order chi connectivity index (χ0) is 14.0. The Balaban J connectivity index is 2.27. The topological polar surface area (TPSA) is 46.9 Å². The molecule has 0 aliphatic heterocycles. The van der Waals surface area contributed by atoms with Crippen LogP contribution in [0.1, 0.15) is 34.2 Å². The maximum absolute atomic E-state index is 12.2. The zero-order valence-electron chi connectivity index (χ0n) is 11.8. The smallest absolute Gasteiger partial charge is 0.255 e. The third kappa shape index (κ3) is 2.67. The molecule has 0 aliphatic carbocycles. The maximum Gasteiger partial charge on any atom is 0.255 e. The third-order valence-corrected chi connectivity index (χ3v) is 3.20. The van der Waals surface area contributed by atoms with Gasteiger partial charge in [-0.15, -0.1) is 0 Å². The molecule has 1 amide bonds. The highest BCUT2D eigenvalue weighted by Crippen LogP contribution is 2.20. The van der Waals surface area contributed by atoms with Crippen molar-refractivity contribution in [2.45, 2.75) is 34.2 Å². The number of hydrogen-bond acceptors (Lipinski definition) is 2. The first kappa shape index (κ1) is 13.3. The van der Waals surface area contributed by atoms with E-state index in [1.807, 2.05) is 56.6 Å². The fourth-order valence-corrected chi connectivity index (χ4v) is 2.16. The van der Waals surface area contributed by atoms with Crippen LogP contribution in [0.3, 0.4) is 0 Å². The summed E-state index contributed by atoms with van der Waals surface area (Å²) in [7, 11) is 0. The van der Waals surface area contributed by atoms with E-state index in [-0.39, 0.29) is 5.91 Å². The van der Waals surface area contributed by atoms with Gasteiger partial charge in [0.1, 0.15) is 0 Å². The molecule has 1 aromatic carbocycles. The number of amides is 1. The van der Waals surface area contributed by atoms with Gasteiger partial charge in [-0.3, -0.25) is 9.48 Å². The molecule has 0 fully saturated rings. The SMILES string of the molecule is CCn1nc(C)c(NC(=O)c2cccc(C)c2)c1C. The van der Waals surface area contributed by atoms with Crippen molar-refractivity contribution in [1.29, 1.82) is 0 Å². The minimum Gasteiger partial charge on any atom is -0.319 e. The molecule has 100 valence electrons. The van der Waals surface area contributed by atoms with Crippen molar-refractivity contribution < 1.29 is 4.79 Å². The lowest BCUT2D eigenvalue weighted by Gasteiger charge is -2.06. The molecule has 0 spiro atoms. The molecule has 0 unspecified atom stereocenters. The van der Waals surface area contributed by atoms with Gasteiger partial charge in [0.2, 0.25) is 0 Å². The highest BCUT2D eigenvalue weighted by Gasteiger charge is 2.14. The van der Waals surface area contributed by atoms with E-state index in [1.54, 1.807) is 0 Å². The van der Waals surface area contributed by atoms with E-state index in [0.29, 0.717) is 5.56 Å². The summed E-state index contributed by atoms with van der Waals surface area (Å²) in [5.74, 6) is -0.0921. The summed E-state index contributed by atoms with van der Waals surface area (Å²) in [5.41, 5.74) is 4.39. The van der Waals surface area contributed by atoms with E-state index in [9.17, 15) is 4.79 Å². The van der Waals surface area contributed by atoms with Gasteiger partial charge in [-0.1, -0.05) is 17.7 Å². The van der Waals surface area contributed by atoms with Gasteiger partial charge in [-0.25, -0.2) is 0 Å². The second-order valence-corrected chi connectivity index (χ2v) is 4.69. The van der Waals surface area contributed by atoms with Crippen molar-refractivity contribution in [2.75, 3.05) is 5.32 Å². The number of carbonyl (C=O) groups is 1. The van der Waals surface area contributed by atoms with E-state index < -0.39 is 0 Å². The van der Waals surface area contributed by atoms with Crippen LogP contribution in [0.4, 0.5) is 5.69 Å². The monoisotopic (exact) mass is 257 g/mol. The fraction of sp³-hybridized carbons (Fsp3) is 0.333. The Morgan fingerprint density at radius 1 is 1.32 bits per heavy atom. The number of benzene rings is 1. The van der Waals surface area contributed by atoms with Gasteiger partial charge in [0.15, 0.2) is 0 Å². The number of rotatable bonds is 3. The zero-order valence-corrected chi connectivity index (χ0v) is 11.8. The molecule has 1 N–H and O–H groups in total. The number of hydrogen-bond donors (Lipinski definition) is 1. The second-order valence-electron chi connectivity index (χ2n) is 4.69. The summed E-state index contributed by atoms with van der Waals surface area (Å²) in [5, 5.41) is 7.35. The largest absolute Gasteiger partial charge is 0.319 e. The molecule has 0 bridgehead atoms. The predicted molar refractivity (Wildman–Crippen MR) is 76.5 cm³/mol. The maximum atomic E-state index is 12.2. The van der Waals surface area contributed by atoms with Crippen LogP contribution in [-0.2, 0) is 6.54 Å². The fourth-order valence-electron chi connectivity index (χ4n) is 2.16. The Labute approximate surface area is 113 Å². The Hall–Kier alpha value is -2.10. The van der Waals surface area contributed by atoms with Crippen molar-refractivity contribution >= 4 is 11.6 Å². The lowest BCUT2D eigenvalue weighted by Crippen LogP contribution is -2.13. The summed E-state index contributed by atoms with van der Waals surface area (Å²) >= 11 is 0. The summed E-state index contributed by atoms with van der Waals surface area (Å²) in [6, 6.07) is 7.56. The van der Waals surface area contributed by atoms with Crippen LogP contribution in [0.25, 0.3) is 0 Å².